The third-order valence-electron chi connectivity index (χ3n) is 6.47. The highest BCUT2D eigenvalue weighted by atomic mass is 35.5. The van der Waals surface area contributed by atoms with Crippen LogP contribution in [0.25, 0.3) is 11.1 Å². The van der Waals surface area contributed by atoms with Crippen molar-refractivity contribution in [2.75, 3.05) is 18.1 Å². The summed E-state index contributed by atoms with van der Waals surface area (Å²) in [5.74, 6) is -1.63. The first kappa shape index (κ1) is 25.4. The van der Waals surface area contributed by atoms with Gasteiger partial charge in [0.1, 0.15) is 17.2 Å². The summed E-state index contributed by atoms with van der Waals surface area (Å²) in [4.78, 5) is 26.6. The van der Waals surface area contributed by atoms with Crippen molar-refractivity contribution < 1.29 is 24.5 Å². The zero-order valence-corrected chi connectivity index (χ0v) is 20.8. The van der Waals surface area contributed by atoms with Gasteiger partial charge in [0.15, 0.2) is 0 Å². The normalized spacial score (nSPS) is 12.4. The van der Waals surface area contributed by atoms with Crippen LogP contribution in [0.2, 0.25) is 5.02 Å². The van der Waals surface area contributed by atoms with Gasteiger partial charge in [-0.15, -0.1) is 0 Å². The van der Waals surface area contributed by atoms with Crippen LogP contribution in [-0.4, -0.2) is 28.4 Å². The highest BCUT2D eigenvalue weighted by Crippen LogP contribution is 2.46. The Morgan fingerprint density at radius 1 is 0.833 bits per heavy atom. The third kappa shape index (κ3) is 4.58. The van der Waals surface area contributed by atoms with Crippen molar-refractivity contribution in [3.05, 3.63) is 63.7 Å². The van der Waals surface area contributed by atoms with Gasteiger partial charge in [-0.2, -0.15) is 0 Å². The number of phenolic OH excluding ortho intramolecular Hbond substituents is 2. The average molecular weight is 509 g/mol. The van der Waals surface area contributed by atoms with E-state index in [9.17, 15) is 19.8 Å². The van der Waals surface area contributed by atoms with Gasteiger partial charge in [-0.3, -0.25) is 9.59 Å². The van der Waals surface area contributed by atoms with E-state index in [0.717, 1.165) is 18.9 Å². The maximum absolute atomic E-state index is 13.4. The fraction of sp³-hybridized carbons (Fsp3) is 0.286. The van der Waals surface area contributed by atoms with Crippen LogP contribution < -0.4 is 16.2 Å². The minimum Gasteiger partial charge on any atom is -0.507 e. The van der Waals surface area contributed by atoms with Crippen LogP contribution >= 0.6 is 11.6 Å². The molecule has 6 N–H and O–H groups in total. The molecule has 36 heavy (non-hydrogen) atoms. The molecule has 1 aliphatic carbocycles. The van der Waals surface area contributed by atoms with Gasteiger partial charge in [0.05, 0.1) is 39.6 Å². The molecule has 1 aliphatic rings. The molecule has 0 aromatic heterocycles. The van der Waals surface area contributed by atoms with Crippen LogP contribution in [0.4, 0.5) is 11.4 Å². The van der Waals surface area contributed by atoms with Crippen molar-refractivity contribution in [1.29, 1.82) is 0 Å². The Morgan fingerprint density at radius 3 is 2.17 bits per heavy atom. The van der Waals surface area contributed by atoms with Gasteiger partial charge in [0.2, 0.25) is 11.6 Å². The van der Waals surface area contributed by atoms with Crippen molar-refractivity contribution in [1.82, 2.24) is 0 Å². The third-order valence-corrected chi connectivity index (χ3v) is 6.78. The lowest BCUT2D eigenvalue weighted by atomic mass is 9.80. The molecular weight excluding hydrogens is 480 g/mol. The minimum atomic E-state index is -0.736. The molecule has 0 fully saturated rings. The number of rotatable bonds is 9. The van der Waals surface area contributed by atoms with Gasteiger partial charge in [-0.05, 0) is 30.2 Å². The topological polar surface area (TPSA) is 136 Å². The largest absolute Gasteiger partial charge is 0.507 e. The summed E-state index contributed by atoms with van der Waals surface area (Å²) in [5.41, 5.74) is 11.9. The van der Waals surface area contributed by atoms with Gasteiger partial charge >= 0.3 is 0 Å². The van der Waals surface area contributed by atoms with E-state index < -0.39 is 23.1 Å². The Balaban J connectivity index is 1.60. The second kappa shape index (κ2) is 10.5. The van der Waals surface area contributed by atoms with Gasteiger partial charge in [0.25, 0.3) is 0 Å². The first-order valence-electron chi connectivity index (χ1n) is 12.0. The van der Waals surface area contributed by atoms with Crippen molar-refractivity contribution in [3.63, 3.8) is 0 Å². The van der Waals surface area contributed by atoms with Crippen molar-refractivity contribution in [2.45, 2.75) is 45.4 Å². The van der Waals surface area contributed by atoms with Crippen LogP contribution in [0.3, 0.4) is 0 Å². The van der Waals surface area contributed by atoms with E-state index in [2.05, 4.69) is 6.92 Å². The Labute approximate surface area is 214 Å². The number of anilines is 2. The Bertz CT molecular complexity index is 1340. The van der Waals surface area contributed by atoms with Crippen molar-refractivity contribution in [3.8, 4) is 28.4 Å². The highest BCUT2D eigenvalue weighted by Gasteiger charge is 2.39. The standard InChI is InChI=1S/C28H29ClN2O5/c1-2-3-4-5-6-7-12-36-16-10-8-15(9-11-16)17-13-19(30)21-24(26(17)33)28(35)23-22(27(21)34)20(32)14-18(29)25(23)31/h8-11,13-14,32-33H,2-7,12,30-31H2,1H3. The molecule has 7 nitrogen and oxygen atoms in total. The number of phenols is 2. The molecule has 0 radical (unpaired) electrons. The zero-order chi connectivity index (χ0) is 26.0. The lowest BCUT2D eigenvalue weighted by molar-refractivity contribution is 0.0975. The molecule has 8 heteroatoms. The Morgan fingerprint density at radius 2 is 1.47 bits per heavy atom. The maximum atomic E-state index is 13.4. The second-order valence-corrected chi connectivity index (χ2v) is 9.36. The molecule has 0 atom stereocenters. The molecule has 0 aliphatic heterocycles. The molecule has 188 valence electrons. The van der Waals surface area contributed by atoms with E-state index >= 15 is 0 Å². The molecule has 0 heterocycles. The first-order chi connectivity index (χ1) is 17.3. The lowest BCUT2D eigenvalue weighted by Crippen LogP contribution is -2.24. The summed E-state index contributed by atoms with van der Waals surface area (Å²) in [6.07, 6.45) is 7.05. The van der Waals surface area contributed by atoms with E-state index in [4.69, 9.17) is 27.8 Å². The molecule has 0 amide bonds. The lowest BCUT2D eigenvalue weighted by Gasteiger charge is -2.24. The van der Waals surface area contributed by atoms with Crippen molar-refractivity contribution >= 4 is 34.5 Å². The van der Waals surface area contributed by atoms with Gasteiger partial charge < -0.3 is 26.4 Å². The molecule has 3 aromatic carbocycles. The van der Waals surface area contributed by atoms with Crippen LogP contribution in [0.1, 0.15) is 77.3 Å². The predicted octanol–water partition coefficient (Wildman–Crippen LogP) is 6.10. The summed E-state index contributed by atoms with van der Waals surface area (Å²) in [5, 5.41) is 21.3. The van der Waals surface area contributed by atoms with E-state index in [1.165, 1.54) is 31.7 Å². The Kier molecular flexibility index (Phi) is 7.40. The van der Waals surface area contributed by atoms with Crippen LogP contribution in [0, 0.1) is 0 Å². The molecule has 0 saturated heterocycles. The average Bonchev–Trinajstić information content (AvgIpc) is 2.85. The van der Waals surface area contributed by atoms with E-state index in [-0.39, 0.29) is 44.2 Å². The molecule has 0 saturated carbocycles. The number of fused-ring (bicyclic) bond motifs is 2. The number of nitrogen functional groups attached to an aromatic ring is 2. The summed E-state index contributed by atoms with van der Waals surface area (Å²) in [7, 11) is 0. The monoisotopic (exact) mass is 508 g/mol. The van der Waals surface area contributed by atoms with Crippen LogP contribution in [0.5, 0.6) is 17.2 Å². The number of ether oxygens (including phenoxy) is 1. The number of unbranched alkanes of at least 4 members (excludes halogenated alkanes) is 5. The number of nitrogens with two attached hydrogens (primary N) is 2. The zero-order valence-electron chi connectivity index (χ0n) is 20.1. The number of hydrogen-bond acceptors (Lipinski definition) is 7. The number of ketones is 2. The molecule has 4 rings (SSSR count). The van der Waals surface area contributed by atoms with Gasteiger partial charge in [-0.1, -0.05) is 62.8 Å². The van der Waals surface area contributed by atoms with E-state index in [1.807, 2.05) is 0 Å². The maximum Gasteiger partial charge on any atom is 0.200 e. The van der Waals surface area contributed by atoms with E-state index in [0.29, 0.717) is 17.9 Å². The quantitative estimate of drug-likeness (QED) is 0.122. The number of benzene rings is 3. The number of aromatic hydroxyl groups is 2. The number of carbonyl (C=O) groups excluding carboxylic acids is 2. The summed E-state index contributed by atoms with van der Waals surface area (Å²) in [6, 6.07) is 9.59. The fourth-order valence-electron chi connectivity index (χ4n) is 4.55. The highest BCUT2D eigenvalue weighted by molar-refractivity contribution is 6.38. The number of halogens is 1. The fourth-order valence-corrected chi connectivity index (χ4v) is 4.75. The first-order valence-corrected chi connectivity index (χ1v) is 12.4. The minimum absolute atomic E-state index is 0.00174. The predicted molar refractivity (Wildman–Crippen MR) is 141 cm³/mol. The second-order valence-electron chi connectivity index (χ2n) is 8.95. The molecule has 0 bridgehead atoms. The summed E-state index contributed by atoms with van der Waals surface area (Å²) >= 11 is 6.03. The molecule has 3 aromatic rings. The van der Waals surface area contributed by atoms with Gasteiger partial charge in [-0.25, -0.2) is 0 Å². The van der Waals surface area contributed by atoms with Crippen molar-refractivity contribution in [2.24, 2.45) is 0 Å². The molecule has 0 unspecified atom stereocenters. The SMILES string of the molecule is CCCCCCCCOc1ccc(-c2cc(N)c3c(c2O)C(=O)c2c(N)c(Cl)cc(O)c2C3=O)cc1. The molecule has 0 spiro atoms. The van der Waals surface area contributed by atoms with Crippen LogP contribution in [0.15, 0.2) is 36.4 Å². The van der Waals surface area contributed by atoms with Crippen LogP contribution in [-0.2, 0) is 0 Å². The summed E-state index contributed by atoms with van der Waals surface area (Å²) < 4.78 is 5.82. The van der Waals surface area contributed by atoms with Gasteiger partial charge in [0, 0.05) is 17.3 Å². The molecular formula is C28H29ClN2O5. The van der Waals surface area contributed by atoms with E-state index in [1.54, 1.807) is 24.3 Å². The smallest absolute Gasteiger partial charge is 0.200 e. The number of carbonyl (C=O) groups is 2. The summed E-state index contributed by atoms with van der Waals surface area (Å²) in [6.45, 7) is 2.81. The Hall–Kier alpha value is -3.71. The number of hydrogen-bond donors (Lipinski definition) is 4.